The maximum Gasteiger partial charge on any atom is 0.246 e. The fraction of sp³-hybridized carbons (Fsp3) is 0.538. The van der Waals surface area contributed by atoms with Crippen LogP contribution in [0.4, 0.5) is 4.39 Å². The summed E-state index contributed by atoms with van der Waals surface area (Å²) in [7, 11) is -2.30. The molecule has 1 atom stereocenters. The van der Waals surface area contributed by atoms with Crippen LogP contribution in [0.5, 0.6) is 5.75 Å². The largest absolute Gasteiger partial charge is 0.490 e. The van der Waals surface area contributed by atoms with Crippen LogP contribution in [0.1, 0.15) is 6.42 Å². The van der Waals surface area contributed by atoms with E-state index in [-0.39, 0.29) is 42.2 Å². The monoisotopic (exact) mass is 354 g/mol. The Morgan fingerprint density at radius 2 is 2.14 bits per heavy atom. The summed E-state index contributed by atoms with van der Waals surface area (Å²) in [6.07, 6.45) is 0.592. The average Bonchev–Trinajstić information content (AvgIpc) is 2.88. The molecule has 9 heteroatoms. The Balaban J connectivity index is 0.00000242. The first kappa shape index (κ1) is 19.1. The lowest BCUT2D eigenvalue weighted by Gasteiger charge is -2.18. The van der Waals surface area contributed by atoms with E-state index in [4.69, 9.17) is 15.2 Å². The molecule has 1 aromatic rings. The van der Waals surface area contributed by atoms with Gasteiger partial charge in [0.15, 0.2) is 0 Å². The molecule has 0 saturated carbocycles. The molecule has 1 aliphatic heterocycles. The Morgan fingerprint density at radius 1 is 1.41 bits per heavy atom. The smallest absolute Gasteiger partial charge is 0.246 e. The molecule has 2 rings (SSSR count). The minimum Gasteiger partial charge on any atom is -0.490 e. The van der Waals surface area contributed by atoms with E-state index < -0.39 is 15.8 Å². The van der Waals surface area contributed by atoms with E-state index in [2.05, 4.69) is 0 Å². The summed E-state index contributed by atoms with van der Waals surface area (Å²) >= 11 is 0. The van der Waals surface area contributed by atoms with Gasteiger partial charge in [0, 0.05) is 26.2 Å². The standard InChI is InChI=1S/C13H19FN2O4S.ClH/c1-19-6-7-20-12-3-2-10(14)8-13(12)21(17,18)16-5-4-11(15)9-16;/h2-3,8,11H,4-7,9,15H2,1H3;1H/t11-;/m1./s1. The maximum absolute atomic E-state index is 13.4. The number of hydrogen-bond donors (Lipinski definition) is 1. The normalized spacial score (nSPS) is 19.0. The molecule has 0 radical (unpaired) electrons. The van der Waals surface area contributed by atoms with Gasteiger partial charge in [-0.05, 0) is 24.6 Å². The molecule has 0 aromatic heterocycles. The van der Waals surface area contributed by atoms with E-state index in [9.17, 15) is 12.8 Å². The summed E-state index contributed by atoms with van der Waals surface area (Å²) in [5.41, 5.74) is 5.74. The van der Waals surface area contributed by atoms with Gasteiger partial charge in [0.2, 0.25) is 10.0 Å². The van der Waals surface area contributed by atoms with E-state index in [0.717, 1.165) is 12.1 Å². The molecule has 1 aliphatic rings. The Bertz CT molecular complexity index is 600. The molecule has 126 valence electrons. The zero-order valence-electron chi connectivity index (χ0n) is 12.2. The molecule has 2 N–H and O–H groups in total. The molecule has 1 heterocycles. The van der Waals surface area contributed by atoms with E-state index in [1.807, 2.05) is 0 Å². The van der Waals surface area contributed by atoms with Crippen molar-refractivity contribution in [3.8, 4) is 5.75 Å². The first-order valence-electron chi connectivity index (χ1n) is 6.62. The van der Waals surface area contributed by atoms with Crippen molar-refractivity contribution in [1.29, 1.82) is 0 Å². The zero-order valence-corrected chi connectivity index (χ0v) is 13.8. The summed E-state index contributed by atoms with van der Waals surface area (Å²) in [5, 5.41) is 0. The third kappa shape index (κ3) is 4.30. The number of rotatable bonds is 6. The van der Waals surface area contributed by atoms with Gasteiger partial charge in [-0.15, -0.1) is 12.4 Å². The Kier molecular flexibility index (Phi) is 7.01. The highest BCUT2D eigenvalue weighted by atomic mass is 35.5. The number of nitrogens with two attached hydrogens (primary N) is 1. The molecular weight excluding hydrogens is 335 g/mol. The molecule has 1 fully saturated rings. The number of halogens is 2. The number of ether oxygens (including phenoxy) is 2. The Hall–Kier alpha value is -0.930. The fourth-order valence-corrected chi connectivity index (χ4v) is 3.80. The van der Waals surface area contributed by atoms with E-state index in [1.165, 1.54) is 17.5 Å². The summed E-state index contributed by atoms with van der Waals surface area (Å²) in [6.45, 7) is 1.06. The number of sulfonamides is 1. The molecule has 0 unspecified atom stereocenters. The predicted molar refractivity (Wildman–Crippen MR) is 82.4 cm³/mol. The van der Waals surface area contributed by atoms with Crippen LogP contribution in [-0.2, 0) is 14.8 Å². The van der Waals surface area contributed by atoms with Crippen LogP contribution in [0.3, 0.4) is 0 Å². The van der Waals surface area contributed by atoms with Gasteiger partial charge in [-0.25, -0.2) is 12.8 Å². The molecule has 0 spiro atoms. The van der Waals surface area contributed by atoms with Gasteiger partial charge in [0.25, 0.3) is 0 Å². The average molecular weight is 355 g/mol. The van der Waals surface area contributed by atoms with Crippen LogP contribution < -0.4 is 10.5 Å². The van der Waals surface area contributed by atoms with Crippen LogP contribution in [0.15, 0.2) is 23.1 Å². The lowest BCUT2D eigenvalue weighted by molar-refractivity contribution is 0.144. The lowest BCUT2D eigenvalue weighted by atomic mass is 10.3. The van der Waals surface area contributed by atoms with Crippen molar-refractivity contribution in [3.05, 3.63) is 24.0 Å². The fourth-order valence-electron chi connectivity index (χ4n) is 2.15. The SMILES string of the molecule is COCCOc1ccc(F)cc1S(=O)(=O)N1CC[C@@H](N)C1.Cl. The van der Waals surface area contributed by atoms with Gasteiger partial charge in [-0.3, -0.25) is 0 Å². The number of methoxy groups -OCH3 is 1. The lowest BCUT2D eigenvalue weighted by Crippen LogP contribution is -2.32. The molecule has 1 aromatic carbocycles. The molecule has 1 saturated heterocycles. The molecule has 0 bridgehead atoms. The molecule has 0 aliphatic carbocycles. The highest BCUT2D eigenvalue weighted by Gasteiger charge is 2.33. The minimum absolute atomic E-state index is 0. The molecule has 0 amide bonds. The second kappa shape index (κ2) is 8.07. The third-order valence-electron chi connectivity index (χ3n) is 3.26. The molecule has 6 nitrogen and oxygen atoms in total. The Labute approximate surface area is 135 Å². The molecular formula is C13H20ClFN2O4S. The van der Waals surface area contributed by atoms with Crippen molar-refractivity contribution in [1.82, 2.24) is 4.31 Å². The topological polar surface area (TPSA) is 81.9 Å². The van der Waals surface area contributed by atoms with Crippen LogP contribution in [-0.4, -0.2) is 52.2 Å². The van der Waals surface area contributed by atoms with Gasteiger partial charge >= 0.3 is 0 Å². The van der Waals surface area contributed by atoms with Crippen molar-refractivity contribution < 1.29 is 22.3 Å². The van der Waals surface area contributed by atoms with Crippen molar-refractivity contribution in [2.75, 3.05) is 33.4 Å². The number of benzene rings is 1. The predicted octanol–water partition coefficient (Wildman–Crippen LogP) is 0.994. The van der Waals surface area contributed by atoms with Crippen LogP contribution in [0.25, 0.3) is 0 Å². The molecule has 22 heavy (non-hydrogen) atoms. The second-order valence-corrected chi connectivity index (χ2v) is 6.75. The van der Waals surface area contributed by atoms with Gasteiger partial charge in [0.05, 0.1) is 6.61 Å². The first-order chi connectivity index (χ1) is 9.95. The summed E-state index contributed by atoms with van der Waals surface area (Å²) < 4.78 is 50.1. The van der Waals surface area contributed by atoms with Gasteiger partial charge in [0.1, 0.15) is 23.1 Å². The Morgan fingerprint density at radius 3 is 2.73 bits per heavy atom. The zero-order chi connectivity index (χ0) is 15.5. The van der Waals surface area contributed by atoms with Crippen molar-refractivity contribution >= 4 is 22.4 Å². The summed E-state index contributed by atoms with van der Waals surface area (Å²) in [4.78, 5) is -0.173. The maximum atomic E-state index is 13.4. The van der Waals surface area contributed by atoms with Gasteiger partial charge in [-0.2, -0.15) is 4.31 Å². The van der Waals surface area contributed by atoms with Crippen LogP contribution >= 0.6 is 12.4 Å². The highest BCUT2D eigenvalue weighted by Crippen LogP contribution is 2.29. The highest BCUT2D eigenvalue weighted by molar-refractivity contribution is 7.89. The van der Waals surface area contributed by atoms with Gasteiger partial charge in [-0.1, -0.05) is 0 Å². The van der Waals surface area contributed by atoms with Crippen LogP contribution in [0, 0.1) is 5.82 Å². The van der Waals surface area contributed by atoms with E-state index >= 15 is 0 Å². The summed E-state index contributed by atoms with van der Waals surface area (Å²) in [6, 6.07) is 3.26. The minimum atomic E-state index is -3.81. The number of nitrogens with zero attached hydrogens (tertiary/aromatic N) is 1. The quantitative estimate of drug-likeness (QED) is 0.770. The number of hydrogen-bond acceptors (Lipinski definition) is 5. The van der Waals surface area contributed by atoms with Gasteiger partial charge < -0.3 is 15.2 Å². The summed E-state index contributed by atoms with van der Waals surface area (Å²) in [5.74, 6) is -0.509. The third-order valence-corrected chi connectivity index (χ3v) is 5.14. The van der Waals surface area contributed by atoms with E-state index in [1.54, 1.807) is 0 Å². The first-order valence-corrected chi connectivity index (χ1v) is 8.06. The van der Waals surface area contributed by atoms with Crippen molar-refractivity contribution in [2.45, 2.75) is 17.4 Å². The van der Waals surface area contributed by atoms with Crippen LogP contribution in [0.2, 0.25) is 0 Å². The van der Waals surface area contributed by atoms with Crippen molar-refractivity contribution in [2.24, 2.45) is 5.73 Å². The van der Waals surface area contributed by atoms with E-state index in [0.29, 0.717) is 19.6 Å². The van der Waals surface area contributed by atoms with Crippen molar-refractivity contribution in [3.63, 3.8) is 0 Å². The second-order valence-electron chi connectivity index (χ2n) is 4.84.